The molecule has 0 atom stereocenters. The molecule has 4 aromatic heterocycles. The molecule has 0 N–H and O–H groups in total. The standard InChI is InChI=1S/C80H47N5/c81-48-61-76(82-66-40-15-4-26-51(66)52-27-5-16-41-67(52)82)78(84-70-44-19-8-30-55(70)56-31-9-20-45-71(56)84)75(60-35-23-39-65-74(60)59-34-3-14-38-64(59)80(65)62-36-12-1-24-49(62)50-25-2-13-37-63(50)80)79(85-72-46-21-10-32-57(72)58-33-11-22-47-73(58)85)77(61)83-68-42-17-6-28-53(68)54-29-7-18-43-69(54)83/h1-47H. The lowest BCUT2D eigenvalue weighted by Crippen LogP contribution is -2.25. The summed E-state index contributed by atoms with van der Waals surface area (Å²) in [5.41, 5.74) is 23.4. The van der Waals surface area contributed by atoms with Crippen LogP contribution in [0.2, 0.25) is 0 Å². The van der Waals surface area contributed by atoms with Gasteiger partial charge in [0.1, 0.15) is 11.6 Å². The van der Waals surface area contributed by atoms with Gasteiger partial charge in [0.25, 0.3) is 0 Å². The van der Waals surface area contributed by atoms with Crippen LogP contribution in [0.15, 0.2) is 285 Å². The molecule has 0 saturated heterocycles. The van der Waals surface area contributed by atoms with Crippen LogP contribution in [0.4, 0.5) is 0 Å². The van der Waals surface area contributed by atoms with Crippen LogP contribution in [0.5, 0.6) is 0 Å². The molecule has 0 bridgehead atoms. The van der Waals surface area contributed by atoms with Gasteiger partial charge in [0, 0.05) is 48.7 Å². The number of para-hydroxylation sites is 8. The largest absolute Gasteiger partial charge is 0.306 e. The SMILES string of the molecule is N#Cc1c(-n2c3ccccc3c3ccccc32)c(-n2c3ccccc3c3ccccc32)c(-c2cccc3c2-c2ccccc2C32c3ccccc3-c3ccccc32)c(-n2c3ccccc3c3ccccc32)c1-n1c2ccccc2c2ccccc21. The third kappa shape index (κ3) is 5.80. The van der Waals surface area contributed by atoms with Gasteiger partial charge in [0.15, 0.2) is 0 Å². The molecule has 0 amide bonds. The monoisotopic (exact) mass is 1080 g/mol. The quantitative estimate of drug-likeness (QED) is 0.169. The highest BCUT2D eigenvalue weighted by Crippen LogP contribution is 2.65. The van der Waals surface area contributed by atoms with E-state index in [4.69, 9.17) is 0 Å². The summed E-state index contributed by atoms with van der Waals surface area (Å²) in [6.45, 7) is 0. The van der Waals surface area contributed by atoms with Crippen molar-refractivity contribution in [3.05, 3.63) is 313 Å². The summed E-state index contributed by atoms with van der Waals surface area (Å²) in [7, 11) is 0. The first kappa shape index (κ1) is 46.2. The van der Waals surface area contributed by atoms with E-state index in [-0.39, 0.29) is 0 Å². The van der Waals surface area contributed by atoms with Crippen molar-refractivity contribution in [2.45, 2.75) is 5.41 Å². The van der Waals surface area contributed by atoms with Gasteiger partial charge in [-0.15, -0.1) is 0 Å². The minimum Gasteiger partial charge on any atom is -0.306 e. The van der Waals surface area contributed by atoms with Gasteiger partial charge in [-0.25, -0.2) is 0 Å². The molecule has 4 heterocycles. The predicted octanol–water partition coefficient (Wildman–Crippen LogP) is 20.0. The lowest BCUT2D eigenvalue weighted by molar-refractivity contribution is 0.794. The lowest BCUT2D eigenvalue weighted by Gasteiger charge is -2.31. The third-order valence-corrected chi connectivity index (χ3v) is 19.0. The third-order valence-electron chi connectivity index (χ3n) is 19.0. The second-order valence-electron chi connectivity index (χ2n) is 22.8. The smallest absolute Gasteiger partial charge is 0.104 e. The summed E-state index contributed by atoms with van der Waals surface area (Å²) < 4.78 is 9.90. The molecule has 19 rings (SSSR count). The number of aromatic nitrogens is 4. The second-order valence-corrected chi connectivity index (χ2v) is 22.8. The first-order valence-electron chi connectivity index (χ1n) is 29.3. The second kappa shape index (κ2) is 17.1. The molecule has 0 fully saturated rings. The Morgan fingerprint density at radius 3 is 0.800 bits per heavy atom. The predicted molar refractivity (Wildman–Crippen MR) is 350 cm³/mol. The van der Waals surface area contributed by atoms with Crippen LogP contribution in [-0.2, 0) is 5.41 Å². The maximum atomic E-state index is 13.2. The van der Waals surface area contributed by atoms with Gasteiger partial charge < -0.3 is 18.3 Å². The van der Waals surface area contributed by atoms with Crippen molar-refractivity contribution in [1.82, 2.24) is 18.3 Å². The first-order chi connectivity index (χ1) is 42.2. The Hall–Kier alpha value is -11.5. The Kier molecular flexibility index (Phi) is 9.27. The molecule has 0 saturated carbocycles. The molecule has 13 aromatic carbocycles. The average Bonchev–Trinajstić information content (AvgIpc) is 1.57. The van der Waals surface area contributed by atoms with Crippen LogP contribution in [0, 0.1) is 11.3 Å². The zero-order chi connectivity index (χ0) is 55.6. The van der Waals surface area contributed by atoms with Crippen molar-refractivity contribution < 1.29 is 0 Å². The fourth-order valence-electron chi connectivity index (χ4n) is 15.9. The van der Waals surface area contributed by atoms with Crippen LogP contribution in [0.3, 0.4) is 0 Å². The lowest BCUT2D eigenvalue weighted by atomic mass is 9.70. The Morgan fingerprint density at radius 1 is 0.224 bits per heavy atom. The molecule has 2 aliphatic rings. The number of hydrogen-bond acceptors (Lipinski definition) is 1. The summed E-state index contributed by atoms with van der Waals surface area (Å²) in [4.78, 5) is 0. The van der Waals surface area contributed by atoms with Gasteiger partial charge in [-0.3, -0.25) is 0 Å². The van der Waals surface area contributed by atoms with Crippen LogP contribution in [0.1, 0.15) is 27.8 Å². The number of nitrogens with zero attached hydrogens (tertiary/aromatic N) is 5. The topological polar surface area (TPSA) is 43.5 Å². The van der Waals surface area contributed by atoms with Crippen LogP contribution in [0.25, 0.3) is 143 Å². The Labute approximate surface area is 488 Å². The summed E-state index contributed by atoms with van der Waals surface area (Å²) in [6.07, 6.45) is 0. The molecule has 0 unspecified atom stereocenters. The molecular formula is C80H47N5. The molecule has 0 radical (unpaired) electrons. The van der Waals surface area contributed by atoms with E-state index < -0.39 is 5.41 Å². The normalized spacial score (nSPS) is 13.0. The minimum absolute atomic E-state index is 0.540. The maximum Gasteiger partial charge on any atom is 0.104 e. The summed E-state index contributed by atoms with van der Waals surface area (Å²) in [5, 5.41) is 22.1. The molecule has 5 nitrogen and oxygen atoms in total. The zero-order valence-electron chi connectivity index (χ0n) is 45.9. The number of benzene rings is 13. The molecule has 392 valence electrons. The Balaban J connectivity index is 1.16. The van der Waals surface area contributed by atoms with Crippen molar-refractivity contribution in [3.8, 4) is 62.2 Å². The number of hydrogen-bond donors (Lipinski definition) is 0. The molecule has 17 aromatic rings. The highest BCUT2D eigenvalue weighted by atomic mass is 15.1. The summed E-state index contributed by atoms with van der Waals surface area (Å²) >= 11 is 0. The summed E-state index contributed by atoms with van der Waals surface area (Å²) in [6, 6.07) is 108. The van der Waals surface area contributed by atoms with Gasteiger partial charge in [0.2, 0.25) is 0 Å². The van der Waals surface area contributed by atoms with E-state index in [1.54, 1.807) is 0 Å². The fraction of sp³-hybridized carbons (Fsp3) is 0.0125. The van der Waals surface area contributed by atoms with Crippen molar-refractivity contribution in [3.63, 3.8) is 0 Å². The van der Waals surface area contributed by atoms with E-state index in [9.17, 15) is 5.26 Å². The fourth-order valence-corrected chi connectivity index (χ4v) is 15.9. The number of nitriles is 1. The molecule has 0 aliphatic heterocycles. The molecular weight excluding hydrogens is 1030 g/mol. The first-order valence-corrected chi connectivity index (χ1v) is 29.3. The van der Waals surface area contributed by atoms with Crippen molar-refractivity contribution in [1.29, 1.82) is 5.26 Å². The maximum absolute atomic E-state index is 13.2. The minimum atomic E-state index is -0.646. The van der Waals surface area contributed by atoms with E-state index in [1.165, 1.54) is 44.5 Å². The molecule has 5 heteroatoms. The van der Waals surface area contributed by atoms with E-state index in [1.807, 2.05) is 0 Å². The van der Waals surface area contributed by atoms with E-state index in [0.717, 1.165) is 121 Å². The van der Waals surface area contributed by atoms with Crippen molar-refractivity contribution in [2.24, 2.45) is 0 Å². The summed E-state index contributed by atoms with van der Waals surface area (Å²) in [5.74, 6) is 0. The van der Waals surface area contributed by atoms with Crippen LogP contribution in [-0.4, -0.2) is 18.3 Å². The van der Waals surface area contributed by atoms with Crippen molar-refractivity contribution in [2.75, 3.05) is 0 Å². The highest BCUT2D eigenvalue weighted by molar-refractivity contribution is 6.18. The number of rotatable bonds is 5. The Morgan fingerprint density at radius 2 is 0.471 bits per heavy atom. The molecule has 1 spiro atoms. The molecule has 2 aliphatic carbocycles. The van der Waals surface area contributed by atoms with E-state index >= 15 is 0 Å². The zero-order valence-corrected chi connectivity index (χ0v) is 45.9. The van der Waals surface area contributed by atoms with Gasteiger partial charge in [-0.05, 0) is 98.6 Å². The van der Waals surface area contributed by atoms with Crippen LogP contribution < -0.4 is 0 Å². The van der Waals surface area contributed by atoms with E-state index in [0.29, 0.717) is 5.56 Å². The van der Waals surface area contributed by atoms with Gasteiger partial charge in [-0.2, -0.15) is 5.26 Å². The van der Waals surface area contributed by atoms with Gasteiger partial charge in [0.05, 0.1) is 72.3 Å². The Bertz CT molecular complexity index is 5320. The average molecular weight is 1080 g/mol. The van der Waals surface area contributed by atoms with Crippen LogP contribution >= 0.6 is 0 Å². The van der Waals surface area contributed by atoms with E-state index in [2.05, 4.69) is 309 Å². The highest BCUT2D eigenvalue weighted by Gasteiger charge is 2.52. The van der Waals surface area contributed by atoms with Gasteiger partial charge in [-0.1, -0.05) is 237 Å². The van der Waals surface area contributed by atoms with Gasteiger partial charge >= 0.3 is 0 Å². The van der Waals surface area contributed by atoms with Crippen molar-refractivity contribution >= 4 is 87.2 Å². The molecule has 85 heavy (non-hydrogen) atoms. The number of fused-ring (bicyclic) bond motifs is 22.